The second kappa shape index (κ2) is 16.0. The molecule has 1 aromatic rings. The summed E-state index contributed by atoms with van der Waals surface area (Å²) in [5.41, 5.74) is 11.6. The fraction of sp³-hybridized carbons (Fsp3) is 0.520. The second-order valence-corrected chi connectivity index (χ2v) is 9.07. The van der Waals surface area contributed by atoms with Gasteiger partial charge in [0.1, 0.15) is 18.1 Å². The highest BCUT2D eigenvalue weighted by molar-refractivity contribution is 5.94. The standard InChI is InChI=1S/C25H37N5O8/c1-3-14(2)21(25(37)38)30-24(36)18(13-15-7-5-4-6-8-15)29-23(35)17(10-11-19(27)31)28-22(34)16(26)9-12-20(32)33/h4-8,14,16-18,21H,3,9-13,26H2,1-2H3,(H2,27,31)(H,28,34)(H,29,35)(H,30,36)(H,32,33)(H,37,38). The van der Waals surface area contributed by atoms with Gasteiger partial charge >= 0.3 is 11.9 Å². The summed E-state index contributed by atoms with van der Waals surface area (Å²) in [4.78, 5) is 72.7. The van der Waals surface area contributed by atoms with Crippen LogP contribution in [-0.4, -0.2) is 69.9 Å². The molecule has 0 fully saturated rings. The molecule has 0 spiro atoms. The van der Waals surface area contributed by atoms with Crippen molar-refractivity contribution in [2.75, 3.05) is 0 Å². The molecule has 5 unspecified atom stereocenters. The molecule has 0 saturated carbocycles. The number of rotatable bonds is 17. The number of hydrogen-bond acceptors (Lipinski definition) is 7. The lowest BCUT2D eigenvalue weighted by molar-refractivity contribution is -0.144. The molecule has 9 N–H and O–H groups in total. The maximum Gasteiger partial charge on any atom is 0.326 e. The lowest BCUT2D eigenvalue weighted by atomic mass is 9.98. The highest BCUT2D eigenvalue weighted by Crippen LogP contribution is 2.11. The summed E-state index contributed by atoms with van der Waals surface area (Å²) in [6, 6.07) is 3.73. The van der Waals surface area contributed by atoms with Gasteiger partial charge in [-0.05, 0) is 24.3 Å². The molecule has 0 bridgehead atoms. The lowest BCUT2D eigenvalue weighted by Crippen LogP contribution is -2.58. The van der Waals surface area contributed by atoms with Crippen molar-refractivity contribution < 1.29 is 39.0 Å². The average molecular weight is 536 g/mol. The van der Waals surface area contributed by atoms with Gasteiger partial charge in [0.15, 0.2) is 0 Å². The third-order valence-corrected chi connectivity index (χ3v) is 6.01. The molecule has 0 aliphatic rings. The topological polar surface area (TPSA) is 231 Å². The Kier molecular flexibility index (Phi) is 13.5. The summed E-state index contributed by atoms with van der Waals surface area (Å²) in [7, 11) is 0. The van der Waals surface area contributed by atoms with E-state index >= 15 is 0 Å². The molecule has 1 aromatic carbocycles. The largest absolute Gasteiger partial charge is 0.481 e. The predicted octanol–water partition coefficient (Wildman–Crippen LogP) is -0.728. The van der Waals surface area contributed by atoms with E-state index in [0.717, 1.165) is 0 Å². The lowest BCUT2D eigenvalue weighted by Gasteiger charge is -2.26. The van der Waals surface area contributed by atoms with Crippen molar-refractivity contribution in [1.82, 2.24) is 16.0 Å². The Labute approximate surface area is 220 Å². The van der Waals surface area contributed by atoms with Gasteiger partial charge in [-0.1, -0.05) is 50.6 Å². The van der Waals surface area contributed by atoms with Crippen molar-refractivity contribution in [3.63, 3.8) is 0 Å². The molecule has 38 heavy (non-hydrogen) atoms. The molecule has 5 atom stereocenters. The number of carboxylic acid groups (broad SMARTS) is 2. The van der Waals surface area contributed by atoms with Crippen molar-refractivity contribution in [2.24, 2.45) is 17.4 Å². The van der Waals surface area contributed by atoms with Crippen LogP contribution in [0.1, 0.15) is 51.5 Å². The minimum absolute atomic E-state index is 0.0138. The zero-order chi connectivity index (χ0) is 28.8. The van der Waals surface area contributed by atoms with E-state index < -0.39 is 59.7 Å². The summed E-state index contributed by atoms with van der Waals surface area (Å²) in [5.74, 6) is -5.88. The van der Waals surface area contributed by atoms with Crippen LogP contribution in [0.3, 0.4) is 0 Å². The van der Waals surface area contributed by atoms with E-state index in [0.29, 0.717) is 12.0 Å². The first-order chi connectivity index (χ1) is 17.8. The molecule has 4 amide bonds. The highest BCUT2D eigenvalue weighted by atomic mass is 16.4. The maximum absolute atomic E-state index is 13.2. The summed E-state index contributed by atoms with van der Waals surface area (Å²) < 4.78 is 0. The van der Waals surface area contributed by atoms with Crippen LogP contribution in [0.25, 0.3) is 0 Å². The first-order valence-electron chi connectivity index (χ1n) is 12.3. The van der Waals surface area contributed by atoms with Crippen LogP contribution in [0.2, 0.25) is 0 Å². The van der Waals surface area contributed by atoms with Gasteiger partial charge in [0.05, 0.1) is 6.04 Å². The van der Waals surface area contributed by atoms with E-state index in [2.05, 4.69) is 16.0 Å². The number of primary amides is 1. The summed E-state index contributed by atoms with van der Waals surface area (Å²) in [6.07, 6.45) is -0.532. The SMILES string of the molecule is CCC(C)C(NC(=O)C(Cc1ccccc1)NC(=O)C(CCC(N)=O)NC(=O)C(N)CCC(=O)O)C(=O)O. The highest BCUT2D eigenvalue weighted by Gasteiger charge is 2.32. The molecular weight excluding hydrogens is 498 g/mol. The number of amides is 4. The Balaban J connectivity index is 3.15. The van der Waals surface area contributed by atoms with Crippen molar-refractivity contribution in [2.45, 2.75) is 76.5 Å². The number of carbonyl (C=O) groups is 6. The number of carbonyl (C=O) groups excluding carboxylic acids is 4. The molecule has 13 heteroatoms. The molecule has 0 aliphatic carbocycles. The number of carboxylic acids is 2. The van der Waals surface area contributed by atoms with Crippen LogP contribution in [0.15, 0.2) is 30.3 Å². The fourth-order valence-corrected chi connectivity index (χ4v) is 3.51. The average Bonchev–Trinajstić information content (AvgIpc) is 2.87. The van der Waals surface area contributed by atoms with Gasteiger partial charge in [-0.2, -0.15) is 0 Å². The monoisotopic (exact) mass is 535 g/mol. The minimum atomic E-state index is -1.32. The molecule has 0 aromatic heterocycles. The first kappa shape index (κ1) is 32.0. The van der Waals surface area contributed by atoms with Gasteiger partial charge in [-0.25, -0.2) is 4.79 Å². The number of nitrogens with two attached hydrogens (primary N) is 2. The Morgan fingerprint density at radius 3 is 1.95 bits per heavy atom. The van der Waals surface area contributed by atoms with Crippen LogP contribution >= 0.6 is 0 Å². The normalized spacial score (nSPS) is 14.7. The number of aliphatic carboxylic acids is 2. The second-order valence-electron chi connectivity index (χ2n) is 9.07. The van der Waals surface area contributed by atoms with Crippen LogP contribution in [-0.2, 0) is 35.2 Å². The summed E-state index contributed by atoms with van der Waals surface area (Å²) in [5, 5.41) is 25.8. The van der Waals surface area contributed by atoms with Crippen LogP contribution in [0.4, 0.5) is 0 Å². The molecule has 0 radical (unpaired) electrons. The maximum atomic E-state index is 13.2. The van der Waals surface area contributed by atoms with Gasteiger partial charge < -0.3 is 37.6 Å². The third kappa shape index (κ3) is 11.4. The van der Waals surface area contributed by atoms with Crippen molar-refractivity contribution in [3.05, 3.63) is 35.9 Å². The number of hydrogen-bond donors (Lipinski definition) is 7. The molecule has 13 nitrogen and oxygen atoms in total. The summed E-state index contributed by atoms with van der Waals surface area (Å²) in [6.45, 7) is 3.45. The van der Waals surface area contributed by atoms with Crippen LogP contribution < -0.4 is 27.4 Å². The number of nitrogens with one attached hydrogen (secondary N) is 3. The quantitative estimate of drug-likeness (QED) is 0.133. The molecule has 0 aliphatic heterocycles. The van der Waals surface area contributed by atoms with Crippen LogP contribution in [0, 0.1) is 5.92 Å². The predicted molar refractivity (Wildman–Crippen MR) is 136 cm³/mol. The molecule has 210 valence electrons. The zero-order valence-electron chi connectivity index (χ0n) is 21.5. The van der Waals surface area contributed by atoms with E-state index in [4.69, 9.17) is 16.6 Å². The van der Waals surface area contributed by atoms with E-state index in [-0.39, 0.29) is 38.0 Å². The Morgan fingerprint density at radius 2 is 1.42 bits per heavy atom. The van der Waals surface area contributed by atoms with Crippen molar-refractivity contribution in [3.8, 4) is 0 Å². The van der Waals surface area contributed by atoms with E-state index in [1.165, 1.54) is 0 Å². The smallest absolute Gasteiger partial charge is 0.326 e. The van der Waals surface area contributed by atoms with E-state index in [1.807, 2.05) is 0 Å². The van der Waals surface area contributed by atoms with Gasteiger partial charge in [0.25, 0.3) is 0 Å². The van der Waals surface area contributed by atoms with Gasteiger partial charge in [-0.15, -0.1) is 0 Å². The molecule has 0 saturated heterocycles. The Morgan fingerprint density at radius 1 is 0.842 bits per heavy atom. The first-order valence-corrected chi connectivity index (χ1v) is 12.3. The van der Waals surface area contributed by atoms with Crippen molar-refractivity contribution >= 4 is 35.6 Å². The van der Waals surface area contributed by atoms with Crippen LogP contribution in [0.5, 0.6) is 0 Å². The van der Waals surface area contributed by atoms with E-state index in [1.54, 1.807) is 44.2 Å². The molecule has 1 rings (SSSR count). The Hall–Kier alpha value is -4.00. The van der Waals surface area contributed by atoms with E-state index in [9.17, 15) is 33.9 Å². The van der Waals surface area contributed by atoms with Gasteiger partial charge in [-0.3, -0.25) is 24.0 Å². The molecule has 0 heterocycles. The minimum Gasteiger partial charge on any atom is -0.481 e. The Bertz CT molecular complexity index is 987. The molecular formula is C25H37N5O8. The third-order valence-electron chi connectivity index (χ3n) is 6.01. The van der Waals surface area contributed by atoms with Gasteiger partial charge in [0.2, 0.25) is 23.6 Å². The zero-order valence-corrected chi connectivity index (χ0v) is 21.5. The van der Waals surface area contributed by atoms with Gasteiger partial charge in [0, 0.05) is 19.3 Å². The summed E-state index contributed by atoms with van der Waals surface area (Å²) >= 11 is 0. The fourth-order valence-electron chi connectivity index (χ4n) is 3.51. The number of benzene rings is 1. The van der Waals surface area contributed by atoms with Crippen molar-refractivity contribution in [1.29, 1.82) is 0 Å².